The third kappa shape index (κ3) is 1.79. The van der Waals surface area contributed by atoms with Crippen LogP contribution in [0.3, 0.4) is 0 Å². The van der Waals surface area contributed by atoms with Crippen molar-refractivity contribution < 1.29 is 4.42 Å². The standard InChI is InChI=1S/C10H14N2O/c1-7(2)6-9-11-12-10(13-9)8-4-3-5-8/h6,8H,3-5H2,1-2H3. The average molecular weight is 178 g/mol. The molecule has 0 aliphatic heterocycles. The van der Waals surface area contributed by atoms with Crippen molar-refractivity contribution in [2.24, 2.45) is 0 Å². The van der Waals surface area contributed by atoms with E-state index in [1.165, 1.54) is 24.8 Å². The van der Waals surface area contributed by atoms with Gasteiger partial charge in [-0.1, -0.05) is 12.0 Å². The van der Waals surface area contributed by atoms with Crippen molar-refractivity contribution in [3.63, 3.8) is 0 Å². The summed E-state index contributed by atoms with van der Waals surface area (Å²) in [7, 11) is 0. The number of allylic oxidation sites excluding steroid dienone is 1. The van der Waals surface area contributed by atoms with Gasteiger partial charge in [-0.15, -0.1) is 10.2 Å². The molecule has 70 valence electrons. The zero-order chi connectivity index (χ0) is 9.26. The molecule has 1 aromatic heterocycles. The van der Waals surface area contributed by atoms with Gasteiger partial charge >= 0.3 is 0 Å². The van der Waals surface area contributed by atoms with Crippen molar-refractivity contribution in [3.05, 3.63) is 17.4 Å². The number of hydrogen-bond donors (Lipinski definition) is 0. The van der Waals surface area contributed by atoms with E-state index in [9.17, 15) is 0 Å². The first kappa shape index (κ1) is 8.48. The maximum Gasteiger partial charge on any atom is 0.240 e. The summed E-state index contributed by atoms with van der Waals surface area (Å²) in [6.45, 7) is 4.04. The van der Waals surface area contributed by atoms with Gasteiger partial charge in [-0.25, -0.2) is 0 Å². The second-order valence-electron chi connectivity index (χ2n) is 3.83. The Morgan fingerprint density at radius 2 is 2.15 bits per heavy atom. The van der Waals surface area contributed by atoms with Crippen LogP contribution in [0.1, 0.15) is 50.8 Å². The van der Waals surface area contributed by atoms with Crippen molar-refractivity contribution >= 4 is 6.08 Å². The molecular weight excluding hydrogens is 164 g/mol. The Balaban J connectivity index is 2.13. The normalized spacial score (nSPS) is 16.8. The number of nitrogens with zero attached hydrogens (tertiary/aromatic N) is 2. The summed E-state index contributed by atoms with van der Waals surface area (Å²) < 4.78 is 5.50. The molecule has 1 aromatic rings. The van der Waals surface area contributed by atoms with Gasteiger partial charge < -0.3 is 4.42 Å². The molecule has 0 unspecified atom stereocenters. The molecule has 1 saturated carbocycles. The van der Waals surface area contributed by atoms with Crippen LogP contribution in [0.4, 0.5) is 0 Å². The summed E-state index contributed by atoms with van der Waals surface area (Å²) in [4.78, 5) is 0. The Labute approximate surface area is 77.9 Å². The minimum Gasteiger partial charge on any atom is -0.421 e. The molecule has 0 atom stereocenters. The summed E-state index contributed by atoms with van der Waals surface area (Å²) in [5, 5.41) is 8.00. The van der Waals surface area contributed by atoms with E-state index in [1.54, 1.807) is 0 Å². The molecule has 2 rings (SSSR count). The highest BCUT2D eigenvalue weighted by atomic mass is 16.4. The minimum atomic E-state index is 0.534. The molecule has 0 bridgehead atoms. The zero-order valence-corrected chi connectivity index (χ0v) is 8.08. The maximum atomic E-state index is 5.50. The van der Waals surface area contributed by atoms with Gasteiger partial charge in [-0.2, -0.15) is 0 Å². The van der Waals surface area contributed by atoms with Crippen molar-refractivity contribution in [3.8, 4) is 0 Å². The Hall–Kier alpha value is -1.12. The summed E-state index contributed by atoms with van der Waals surface area (Å²) in [6.07, 6.45) is 5.62. The first-order chi connectivity index (χ1) is 6.25. The number of hydrogen-bond acceptors (Lipinski definition) is 3. The van der Waals surface area contributed by atoms with Crippen LogP contribution < -0.4 is 0 Å². The molecule has 3 heteroatoms. The molecule has 1 aliphatic carbocycles. The van der Waals surface area contributed by atoms with Gasteiger partial charge in [0.25, 0.3) is 0 Å². The molecule has 0 amide bonds. The lowest BCUT2D eigenvalue weighted by Gasteiger charge is -2.20. The molecule has 0 N–H and O–H groups in total. The van der Waals surface area contributed by atoms with Gasteiger partial charge in [0.2, 0.25) is 11.8 Å². The van der Waals surface area contributed by atoms with Gasteiger partial charge in [-0.05, 0) is 26.7 Å². The Morgan fingerprint density at radius 1 is 1.38 bits per heavy atom. The Kier molecular flexibility index (Phi) is 2.17. The van der Waals surface area contributed by atoms with Gasteiger partial charge in [0.1, 0.15) is 0 Å². The molecule has 0 saturated heterocycles. The predicted molar refractivity (Wildman–Crippen MR) is 50.2 cm³/mol. The lowest BCUT2D eigenvalue weighted by molar-refractivity contribution is 0.333. The van der Waals surface area contributed by atoms with E-state index in [0.717, 1.165) is 5.89 Å². The van der Waals surface area contributed by atoms with Crippen LogP contribution in [-0.4, -0.2) is 10.2 Å². The van der Waals surface area contributed by atoms with Gasteiger partial charge in [-0.3, -0.25) is 0 Å². The number of rotatable bonds is 2. The Morgan fingerprint density at radius 3 is 2.69 bits per heavy atom. The van der Waals surface area contributed by atoms with E-state index in [-0.39, 0.29) is 0 Å². The van der Waals surface area contributed by atoms with Crippen LogP contribution in [0.5, 0.6) is 0 Å². The highest BCUT2D eigenvalue weighted by Crippen LogP contribution is 2.35. The second-order valence-corrected chi connectivity index (χ2v) is 3.83. The fourth-order valence-electron chi connectivity index (χ4n) is 1.37. The first-order valence-electron chi connectivity index (χ1n) is 4.74. The third-order valence-electron chi connectivity index (χ3n) is 2.32. The zero-order valence-electron chi connectivity index (χ0n) is 8.08. The molecule has 13 heavy (non-hydrogen) atoms. The van der Waals surface area contributed by atoms with Gasteiger partial charge in [0, 0.05) is 12.0 Å². The molecule has 0 aromatic carbocycles. The monoisotopic (exact) mass is 178 g/mol. The first-order valence-corrected chi connectivity index (χ1v) is 4.74. The van der Waals surface area contributed by atoms with E-state index in [0.29, 0.717) is 11.8 Å². The van der Waals surface area contributed by atoms with E-state index in [4.69, 9.17) is 4.42 Å². The largest absolute Gasteiger partial charge is 0.421 e. The summed E-state index contributed by atoms with van der Waals surface area (Å²) in [5.41, 5.74) is 1.18. The minimum absolute atomic E-state index is 0.534. The van der Waals surface area contributed by atoms with E-state index >= 15 is 0 Å². The number of aromatic nitrogens is 2. The quantitative estimate of drug-likeness (QED) is 0.699. The summed E-state index contributed by atoms with van der Waals surface area (Å²) >= 11 is 0. The second kappa shape index (κ2) is 3.32. The highest BCUT2D eigenvalue weighted by molar-refractivity contribution is 5.41. The van der Waals surface area contributed by atoms with Crippen LogP contribution in [0.25, 0.3) is 6.08 Å². The van der Waals surface area contributed by atoms with Crippen LogP contribution in [0, 0.1) is 0 Å². The van der Waals surface area contributed by atoms with Crippen molar-refractivity contribution in [1.29, 1.82) is 0 Å². The van der Waals surface area contributed by atoms with Gasteiger partial charge in [0.15, 0.2) is 0 Å². The summed E-state index contributed by atoms with van der Waals surface area (Å²) in [5.74, 6) is 1.99. The molecule has 0 spiro atoms. The summed E-state index contributed by atoms with van der Waals surface area (Å²) in [6, 6.07) is 0. The highest BCUT2D eigenvalue weighted by Gasteiger charge is 2.24. The molecule has 1 fully saturated rings. The smallest absolute Gasteiger partial charge is 0.240 e. The molecule has 0 radical (unpaired) electrons. The Bertz CT molecular complexity index is 319. The molecule has 1 aliphatic rings. The van der Waals surface area contributed by atoms with Crippen LogP contribution in [0.15, 0.2) is 9.99 Å². The third-order valence-corrected chi connectivity index (χ3v) is 2.32. The molecular formula is C10H14N2O. The topological polar surface area (TPSA) is 38.9 Å². The van der Waals surface area contributed by atoms with Crippen LogP contribution >= 0.6 is 0 Å². The van der Waals surface area contributed by atoms with Crippen LogP contribution in [0.2, 0.25) is 0 Å². The van der Waals surface area contributed by atoms with Crippen molar-refractivity contribution in [2.75, 3.05) is 0 Å². The van der Waals surface area contributed by atoms with E-state index in [1.807, 2.05) is 19.9 Å². The van der Waals surface area contributed by atoms with Crippen molar-refractivity contribution in [2.45, 2.75) is 39.0 Å². The fourth-order valence-corrected chi connectivity index (χ4v) is 1.37. The predicted octanol–water partition coefficient (Wildman–Crippen LogP) is 2.76. The lowest BCUT2D eigenvalue weighted by atomic mass is 9.85. The molecule has 3 nitrogen and oxygen atoms in total. The fraction of sp³-hybridized carbons (Fsp3) is 0.600. The SMILES string of the molecule is CC(C)=Cc1nnc(C2CCC2)o1. The average Bonchev–Trinajstić information content (AvgIpc) is 2.31. The van der Waals surface area contributed by atoms with Crippen molar-refractivity contribution in [1.82, 2.24) is 10.2 Å². The van der Waals surface area contributed by atoms with E-state index < -0.39 is 0 Å². The van der Waals surface area contributed by atoms with Crippen LogP contribution in [-0.2, 0) is 0 Å². The van der Waals surface area contributed by atoms with Gasteiger partial charge in [0.05, 0.1) is 0 Å². The van der Waals surface area contributed by atoms with E-state index in [2.05, 4.69) is 10.2 Å². The molecule has 1 heterocycles. The lowest BCUT2D eigenvalue weighted by Crippen LogP contribution is -2.08. The maximum absolute atomic E-state index is 5.50.